The van der Waals surface area contributed by atoms with Crippen LogP contribution >= 0.6 is 0 Å². The molecule has 4 N–H and O–H groups in total. The van der Waals surface area contributed by atoms with Crippen LogP contribution in [0.5, 0.6) is 0 Å². The maximum atomic E-state index is 12.3. The van der Waals surface area contributed by atoms with E-state index in [1.807, 2.05) is 61.5 Å². The highest BCUT2D eigenvalue weighted by Gasteiger charge is 2.40. The van der Waals surface area contributed by atoms with E-state index >= 15 is 0 Å². The highest BCUT2D eigenvalue weighted by Crippen LogP contribution is 2.38. The molecule has 2 aromatic carbocycles. The molecule has 1 fully saturated rings. The fourth-order valence-electron chi connectivity index (χ4n) is 5.58. The van der Waals surface area contributed by atoms with E-state index < -0.39 is 30.3 Å². The van der Waals surface area contributed by atoms with Crippen LogP contribution < -0.4 is 5.32 Å². The summed E-state index contributed by atoms with van der Waals surface area (Å²) in [5, 5.41) is 34.2. The van der Waals surface area contributed by atoms with Gasteiger partial charge in [-0.2, -0.15) is 0 Å². The van der Waals surface area contributed by atoms with E-state index in [0.29, 0.717) is 51.4 Å². The smallest absolute Gasteiger partial charge is 0.328 e. The molecule has 6 atom stereocenters. The highest BCUT2D eigenvalue weighted by molar-refractivity contribution is 5.84. The normalized spacial score (nSPS) is 22.0. The predicted molar refractivity (Wildman–Crippen MR) is 160 cm³/mol. The third-order valence-corrected chi connectivity index (χ3v) is 8.18. The van der Waals surface area contributed by atoms with Crippen molar-refractivity contribution in [3.8, 4) is 0 Å². The number of hydrogen-bond acceptors (Lipinski definition) is 6. The summed E-state index contributed by atoms with van der Waals surface area (Å²) >= 11 is 0. The van der Waals surface area contributed by atoms with Gasteiger partial charge in [-0.1, -0.05) is 66.7 Å². The van der Waals surface area contributed by atoms with Crippen molar-refractivity contribution < 1.29 is 29.6 Å². The van der Waals surface area contributed by atoms with Gasteiger partial charge in [0.2, 0.25) is 5.91 Å². The summed E-state index contributed by atoms with van der Waals surface area (Å²) in [6.45, 7) is 3.76. The molecule has 0 spiro atoms. The highest BCUT2D eigenvalue weighted by atomic mass is 16.5. The molecule has 1 aliphatic rings. The lowest BCUT2D eigenvalue weighted by Crippen LogP contribution is -2.39. The van der Waals surface area contributed by atoms with E-state index in [1.165, 1.54) is 5.56 Å². The monoisotopic (exact) mass is 565 g/mol. The van der Waals surface area contributed by atoms with Gasteiger partial charge in [-0.15, -0.1) is 0 Å². The van der Waals surface area contributed by atoms with Crippen molar-refractivity contribution in [3.05, 3.63) is 83.4 Å². The number of aliphatic hydroxyl groups is 3. The van der Waals surface area contributed by atoms with E-state index in [9.17, 15) is 24.9 Å². The van der Waals surface area contributed by atoms with E-state index in [2.05, 4.69) is 17.4 Å². The number of ether oxygens (including phenoxy) is 1. The Hall–Kier alpha value is -3.00. The van der Waals surface area contributed by atoms with Crippen molar-refractivity contribution >= 4 is 11.9 Å². The van der Waals surface area contributed by atoms with Crippen LogP contribution in [0, 0.1) is 18.8 Å². The Balaban J connectivity index is 1.31. The second kappa shape index (κ2) is 17.1. The third kappa shape index (κ3) is 11.1. The van der Waals surface area contributed by atoms with Gasteiger partial charge >= 0.3 is 5.97 Å². The van der Waals surface area contributed by atoms with Gasteiger partial charge in [0.15, 0.2) is 0 Å². The van der Waals surface area contributed by atoms with Crippen molar-refractivity contribution in [2.45, 2.75) is 103 Å². The molecule has 1 saturated carbocycles. The molecule has 7 heteroatoms. The molecular formula is C34H47NO6. The van der Waals surface area contributed by atoms with Gasteiger partial charge in [-0.05, 0) is 93.7 Å². The SMILES string of the molecule is Cc1ccccc1COC(=O)C(C)NC(=O)CCC/C=C\C[C@@H]1[C@@H](CC[C@@H](O)CCc2ccccc2)[C@H](O)C[C@@H]1O. The zero-order chi connectivity index (χ0) is 29.6. The van der Waals surface area contributed by atoms with Crippen molar-refractivity contribution in [2.75, 3.05) is 0 Å². The maximum Gasteiger partial charge on any atom is 0.328 e. The third-order valence-electron chi connectivity index (χ3n) is 8.18. The zero-order valence-electron chi connectivity index (χ0n) is 24.5. The molecule has 41 heavy (non-hydrogen) atoms. The Kier molecular flexibility index (Phi) is 13.5. The van der Waals surface area contributed by atoms with Gasteiger partial charge in [0.25, 0.3) is 0 Å². The van der Waals surface area contributed by atoms with E-state index in [-0.39, 0.29) is 24.3 Å². The Morgan fingerprint density at radius 3 is 2.46 bits per heavy atom. The molecule has 7 nitrogen and oxygen atoms in total. The molecule has 1 unspecified atom stereocenters. The summed E-state index contributed by atoms with van der Waals surface area (Å²) in [5.74, 6) is -0.743. The molecule has 0 bridgehead atoms. The minimum Gasteiger partial charge on any atom is -0.459 e. The molecule has 0 saturated heterocycles. The number of nitrogens with one attached hydrogen (secondary N) is 1. The molecule has 1 amide bonds. The Morgan fingerprint density at radius 1 is 1.00 bits per heavy atom. The molecule has 0 radical (unpaired) electrons. The second-order valence-electron chi connectivity index (χ2n) is 11.4. The van der Waals surface area contributed by atoms with Gasteiger partial charge in [0, 0.05) is 6.42 Å². The number of amides is 1. The molecule has 2 aromatic rings. The molecule has 0 heterocycles. The number of esters is 1. The van der Waals surface area contributed by atoms with Gasteiger partial charge < -0.3 is 25.4 Å². The summed E-state index contributed by atoms with van der Waals surface area (Å²) in [5.41, 5.74) is 3.19. The average molecular weight is 566 g/mol. The van der Waals surface area contributed by atoms with Crippen molar-refractivity contribution in [3.63, 3.8) is 0 Å². The molecule has 0 aromatic heterocycles. The van der Waals surface area contributed by atoms with E-state index in [0.717, 1.165) is 17.5 Å². The maximum absolute atomic E-state index is 12.3. The Morgan fingerprint density at radius 2 is 1.71 bits per heavy atom. The molecular weight excluding hydrogens is 518 g/mol. The largest absolute Gasteiger partial charge is 0.459 e. The minimum absolute atomic E-state index is 0.0427. The molecule has 224 valence electrons. The first-order chi connectivity index (χ1) is 19.7. The lowest BCUT2D eigenvalue weighted by molar-refractivity contribution is -0.148. The number of carbonyl (C=O) groups is 2. The van der Waals surface area contributed by atoms with E-state index in [1.54, 1.807) is 6.92 Å². The fraction of sp³-hybridized carbons (Fsp3) is 0.529. The topological polar surface area (TPSA) is 116 Å². The number of unbranched alkanes of at least 4 members (excludes halogenated alkanes) is 1. The number of aryl methyl sites for hydroxylation is 2. The zero-order valence-corrected chi connectivity index (χ0v) is 24.5. The van der Waals surface area contributed by atoms with Crippen LogP contribution in [-0.2, 0) is 27.4 Å². The first-order valence-electron chi connectivity index (χ1n) is 15.0. The first-order valence-corrected chi connectivity index (χ1v) is 15.0. The van der Waals surface area contributed by atoms with Crippen LogP contribution in [0.4, 0.5) is 0 Å². The number of aliphatic hydroxyl groups excluding tert-OH is 3. The predicted octanol–water partition coefficient (Wildman–Crippen LogP) is 4.79. The molecule has 1 aliphatic carbocycles. The summed E-state index contributed by atoms with van der Waals surface area (Å²) in [6, 6.07) is 17.1. The number of carbonyl (C=O) groups excluding carboxylic acids is 2. The van der Waals surface area contributed by atoms with Crippen LogP contribution in [-0.4, -0.2) is 51.5 Å². The minimum atomic E-state index is -0.717. The molecule has 3 rings (SSSR count). The lowest BCUT2D eigenvalue weighted by atomic mass is 9.85. The average Bonchev–Trinajstić information content (AvgIpc) is 3.23. The summed E-state index contributed by atoms with van der Waals surface area (Å²) in [6.07, 6.45) is 7.94. The van der Waals surface area contributed by atoms with Crippen LogP contribution in [0.2, 0.25) is 0 Å². The standard InChI is InChI=1S/C34H47NO6/c1-24-12-10-11-15-27(24)23-41-34(40)25(2)35-33(39)17-9-4-3-8-16-29-30(32(38)22-31(29)37)21-20-28(36)19-18-26-13-6-5-7-14-26/h3,5-8,10-15,25,28-32,36-38H,4,9,16-23H2,1-2H3,(H,35,39)/b8-3-/t25?,28-,29+,30+,31-,32+/m0/s1. The van der Waals surface area contributed by atoms with Crippen LogP contribution in [0.25, 0.3) is 0 Å². The fourth-order valence-corrected chi connectivity index (χ4v) is 5.58. The van der Waals surface area contributed by atoms with Crippen LogP contribution in [0.3, 0.4) is 0 Å². The molecule has 0 aliphatic heterocycles. The number of rotatable bonds is 16. The number of benzene rings is 2. The van der Waals surface area contributed by atoms with Gasteiger partial charge in [0.05, 0.1) is 18.3 Å². The van der Waals surface area contributed by atoms with Gasteiger partial charge in [-0.3, -0.25) is 4.79 Å². The van der Waals surface area contributed by atoms with E-state index in [4.69, 9.17) is 4.74 Å². The summed E-state index contributed by atoms with van der Waals surface area (Å²) < 4.78 is 5.35. The summed E-state index contributed by atoms with van der Waals surface area (Å²) in [4.78, 5) is 24.5. The van der Waals surface area contributed by atoms with Gasteiger partial charge in [0.1, 0.15) is 12.6 Å². The number of allylic oxidation sites excluding steroid dienone is 2. The summed E-state index contributed by atoms with van der Waals surface area (Å²) in [7, 11) is 0. The quantitative estimate of drug-likeness (QED) is 0.132. The van der Waals surface area contributed by atoms with Crippen molar-refractivity contribution in [2.24, 2.45) is 11.8 Å². The van der Waals surface area contributed by atoms with Crippen molar-refractivity contribution in [1.29, 1.82) is 0 Å². The van der Waals surface area contributed by atoms with Crippen LogP contribution in [0.15, 0.2) is 66.7 Å². The first kappa shape index (κ1) is 32.5. The van der Waals surface area contributed by atoms with Crippen molar-refractivity contribution in [1.82, 2.24) is 5.32 Å². The Bertz CT molecular complexity index is 1100. The van der Waals surface area contributed by atoms with Crippen LogP contribution in [0.1, 0.15) is 75.0 Å². The van der Waals surface area contributed by atoms with Gasteiger partial charge in [-0.25, -0.2) is 4.79 Å². The Labute approximate surface area is 244 Å². The lowest BCUT2D eigenvalue weighted by Gasteiger charge is -2.23. The number of hydrogen-bond donors (Lipinski definition) is 4. The second-order valence-corrected chi connectivity index (χ2v) is 11.4.